The lowest BCUT2D eigenvalue weighted by Crippen LogP contribution is -2.29. The maximum atomic E-state index is 15.1. The molecule has 0 unspecified atom stereocenters. The van der Waals surface area contributed by atoms with Gasteiger partial charge in [-0.25, -0.2) is 13.9 Å². The summed E-state index contributed by atoms with van der Waals surface area (Å²) in [5, 5.41) is 11.9. The van der Waals surface area contributed by atoms with E-state index in [0.29, 0.717) is 54.1 Å². The number of carbonyl (C=O) groups is 2. The number of hydrogen-bond acceptors (Lipinski definition) is 7. The van der Waals surface area contributed by atoms with Gasteiger partial charge >= 0.3 is 6.09 Å². The number of aromatic nitrogens is 2. The molecule has 0 aliphatic carbocycles. The van der Waals surface area contributed by atoms with E-state index >= 15 is 4.39 Å². The van der Waals surface area contributed by atoms with E-state index in [9.17, 15) is 14.4 Å². The van der Waals surface area contributed by atoms with E-state index in [1.807, 2.05) is 9.58 Å². The molecule has 4 N–H and O–H groups in total. The van der Waals surface area contributed by atoms with Gasteiger partial charge in [0.15, 0.2) is 0 Å². The van der Waals surface area contributed by atoms with Gasteiger partial charge in [0.1, 0.15) is 18.5 Å². The summed E-state index contributed by atoms with van der Waals surface area (Å²) in [5.41, 5.74) is 7.28. The number of benzene rings is 2. The zero-order valence-corrected chi connectivity index (χ0v) is 18.8. The van der Waals surface area contributed by atoms with Crippen LogP contribution in [0.15, 0.2) is 41.2 Å². The minimum Gasteiger partial charge on any atom is -0.443 e. The van der Waals surface area contributed by atoms with Crippen LogP contribution in [0, 0.1) is 5.82 Å². The molecule has 1 saturated heterocycles. The number of hydrogen-bond donors (Lipinski definition) is 3. The minimum atomic E-state index is -0.646. The summed E-state index contributed by atoms with van der Waals surface area (Å²) in [6.07, 6.45) is -0.965. The highest BCUT2D eigenvalue weighted by molar-refractivity contribution is 5.94. The Balaban J connectivity index is 1.36. The molecule has 11 nitrogen and oxygen atoms in total. The average molecular weight is 484 g/mol. The van der Waals surface area contributed by atoms with Gasteiger partial charge in [0, 0.05) is 25.3 Å². The van der Waals surface area contributed by atoms with Gasteiger partial charge in [-0.05, 0) is 36.4 Å². The molecule has 1 aromatic heterocycles. The third kappa shape index (κ3) is 4.10. The third-order valence-electron chi connectivity index (χ3n) is 6.34. The van der Waals surface area contributed by atoms with Crippen LogP contribution in [0.2, 0.25) is 0 Å². The number of rotatable bonds is 5. The number of halogens is 1. The molecule has 1 fully saturated rings. The minimum absolute atomic E-state index is 0.198. The Morgan fingerprint density at radius 2 is 1.89 bits per heavy atom. The summed E-state index contributed by atoms with van der Waals surface area (Å²) >= 11 is 0. The number of cyclic esters (lactones) is 1. The summed E-state index contributed by atoms with van der Waals surface area (Å²) in [7, 11) is 0. The fourth-order valence-corrected chi connectivity index (χ4v) is 4.61. The van der Waals surface area contributed by atoms with Crippen LogP contribution in [0.1, 0.15) is 0 Å². The fourth-order valence-electron chi connectivity index (χ4n) is 4.61. The monoisotopic (exact) mass is 484 g/mol. The molecule has 2 amide bonds. The molecular formula is C23H25FN6O5. The van der Waals surface area contributed by atoms with Gasteiger partial charge in [-0.3, -0.25) is 19.2 Å². The molecule has 2 aromatic carbocycles. The Kier molecular flexibility index (Phi) is 5.91. The number of fused-ring (bicyclic) bond motifs is 3. The van der Waals surface area contributed by atoms with E-state index in [1.165, 1.54) is 11.0 Å². The SMILES string of the molecule is NC[C@H]1CN(c2ccc(N3CCn4c(=O)c5cc(NC(=O)CO)ccc5n4CC3)c(F)c2)C(=O)O1. The maximum Gasteiger partial charge on any atom is 0.414 e. The van der Waals surface area contributed by atoms with Crippen molar-refractivity contribution < 1.29 is 23.8 Å². The molecule has 184 valence electrons. The van der Waals surface area contributed by atoms with Crippen LogP contribution in [0.25, 0.3) is 10.9 Å². The summed E-state index contributed by atoms with van der Waals surface area (Å²) in [6.45, 7) is 1.47. The van der Waals surface area contributed by atoms with Crippen LogP contribution < -0.4 is 26.4 Å². The molecule has 2 aliphatic rings. The molecule has 5 rings (SSSR count). The Morgan fingerprint density at radius 1 is 1.11 bits per heavy atom. The predicted molar refractivity (Wildman–Crippen MR) is 127 cm³/mol. The van der Waals surface area contributed by atoms with Gasteiger partial charge < -0.3 is 25.8 Å². The van der Waals surface area contributed by atoms with Crippen molar-refractivity contribution in [2.45, 2.75) is 19.2 Å². The van der Waals surface area contributed by atoms with Gasteiger partial charge in [0.2, 0.25) is 5.91 Å². The molecule has 3 aromatic rings. The number of aliphatic hydroxyl groups excluding tert-OH is 1. The second-order valence-corrected chi connectivity index (χ2v) is 8.46. The van der Waals surface area contributed by atoms with E-state index < -0.39 is 30.5 Å². The Labute approximate surface area is 199 Å². The Bertz CT molecular complexity index is 1370. The molecule has 2 aliphatic heterocycles. The second kappa shape index (κ2) is 9.04. The van der Waals surface area contributed by atoms with Crippen molar-refractivity contribution in [3.63, 3.8) is 0 Å². The summed E-state index contributed by atoms with van der Waals surface area (Å²) in [4.78, 5) is 39.8. The Morgan fingerprint density at radius 3 is 2.57 bits per heavy atom. The lowest BCUT2D eigenvalue weighted by atomic mass is 10.2. The van der Waals surface area contributed by atoms with E-state index in [1.54, 1.807) is 35.0 Å². The predicted octanol–water partition coefficient (Wildman–Crippen LogP) is 0.677. The first-order valence-electron chi connectivity index (χ1n) is 11.3. The highest BCUT2D eigenvalue weighted by atomic mass is 19.1. The molecule has 0 saturated carbocycles. The molecule has 3 heterocycles. The number of nitrogens with two attached hydrogens (primary N) is 1. The van der Waals surface area contributed by atoms with Gasteiger partial charge in [0.25, 0.3) is 5.56 Å². The second-order valence-electron chi connectivity index (χ2n) is 8.46. The first kappa shape index (κ1) is 22.9. The molecule has 12 heteroatoms. The van der Waals surface area contributed by atoms with E-state index in [2.05, 4.69) is 5.32 Å². The van der Waals surface area contributed by atoms with Crippen molar-refractivity contribution in [2.24, 2.45) is 5.73 Å². The standard InChI is InChI=1S/C23H25FN6O5/c24-18-10-15(28-12-16(11-25)35-23(28)34)2-4-20(18)27-5-7-29-19-3-1-14(26-21(32)13-31)9-17(19)22(33)30(29)8-6-27/h1-4,9-10,16,31H,5-8,11-13,25H2,(H,26,32)/t16-/m0/s1. The van der Waals surface area contributed by atoms with Crippen LogP contribution >= 0.6 is 0 Å². The highest BCUT2D eigenvalue weighted by Crippen LogP contribution is 2.29. The summed E-state index contributed by atoms with van der Waals surface area (Å²) < 4.78 is 23.7. The molecule has 35 heavy (non-hydrogen) atoms. The molecule has 0 spiro atoms. The zero-order chi connectivity index (χ0) is 24.7. The van der Waals surface area contributed by atoms with Crippen molar-refractivity contribution in [1.82, 2.24) is 9.36 Å². The Hall–Kier alpha value is -3.90. The van der Waals surface area contributed by atoms with E-state index in [0.717, 1.165) is 0 Å². The highest BCUT2D eigenvalue weighted by Gasteiger charge is 2.32. The van der Waals surface area contributed by atoms with Gasteiger partial charge in [-0.2, -0.15) is 0 Å². The first-order valence-corrected chi connectivity index (χ1v) is 11.3. The molecular weight excluding hydrogens is 459 g/mol. The first-order chi connectivity index (χ1) is 16.9. The maximum absolute atomic E-state index is 15.1. The lowest BCUT2D eigenvalue weighted by molar-refractivity contribution is -0.118. The van der Waals surface area contributed by atoms with Crippen LogP contribution in [-0.4, -0.2) is 65.4 Å². The van der Waals surface area contributed by atoms with Crippen molar-refractivity contribution in [3.05, 3.63) is 52.6 Å². The fraction of sp³-hybridized carbons (Fsp3) is 0.348. The lowest BCUT2D eigenvalue weighted by Gasteiger charge is -2.24. The van der Waals surface area contributed by atoms with Gasteiger partial charge in [-0.15, -0.1) is 0 Å². The topological polar surface area (TPSA) is 135 Å². The number of anilines is 3. The normalized spacial score (nSPS) is 17.9. The van der Waals surface area contributed by atoms with Crippen molar-refractivity contribution in [2.75, 3.05) is 47.9 Å². The number of ether oxygens (including phenoxy) is 1. The van der Waals surface area contributed by atoms with Crippen LogP contribution in [0.4, 0.5) is 26.2 Å². The van der Waals surface area contributed by atoms with Crippen molar-refractivity contribution in [1.29, 1.82) is 0 Å². The quantitative estimate of drug-likeness (QED) is 0.485. The summed E-state index contributed by atoms with van der Waals surface area (Å²) in [6, 6.07) is 9.62. The number of carbonyl (C=O) groups excluding carboxylic acids is 2. The van der Waals surface area contributed by atoms with Gasteiger partial charge in [-0.1, -0.05) is 0 Å². The molecule has 0 bridgehead atoms. The van der Waals surface area contributed by atoms with Crippen molar-refractivity contribution in [3.8, 4) is 0 Å². The van der Waals surface area contributed by atoms with Crippen LogP contribution in [0.3, 0.4) is 0 Å². The number of nitrogens with one attached hydrogen (secondary N) is 1. The van der Waals surface area contributed by atoms with E-state index in [4.69, 9.17) is 15.6 Å². The van der Waals surface area contributed by atoms with Crippen LogP contribution in [0.5, 0.6) is 0 Å². The molecule has 0 radical (unpaired) electrons. The zero-order valence-electron chi connectivity index (χ0n) is 18.8. The van der Waals surface area contributed by atoms with Gasteiger partial charge in [0.05, 0.1) is 41.9 Å². The molecule has 1 atom stereocenters. The summed E-state index contributed by atoms with van der Waals surface area (Å²) in [5.74, 6) is -1.03. The smallest absolute Gasteiger partial charge is 0.414 e. The van der Waals surface area contributed by atoms with Crippen LogP contribution in [-0.2, 0) is 22.6 Å². The third-order valence-corrected chi connectivity index (χ3v) is 6.34. The largest absolute Gasteiger partial charge is 0.443 e. The average Bonchev–Trinajstić information content (AvgIpc) is 3.26. The van der Waals surface area contributed by atoms with Crippen molar-refractivity contribution >= 4 is 40.0 Å². The number of amides is 2. The van der Waals surface area contributed by atoms with E-state index in [-0.39, 0.29) is 18.6 Å². The number of aliphatic hydroxyl groups is 1. The number of nitrogens with zero attached hydrogens (tertiary/aromatic N) is 4.